The molecule has 2 heteroatoms. The lowest BCUT2D eigenvalue weighted by Crippen LogP contribution is -1.72. The Kier molecular flexibility index (Phi) is 1.59. The third kappa shape index (κ3) is 1.07. The molecular weight excluding hydrogens is 150 g/mol. The highest BCUT2D eigenvalue weighted by molar-refractivity contribution is 5.78. The summed E-state index contributed by atoms with van der Waals surface area (Å²) >= 11 is 0. The van der Waals surface area contributed by atoms with Crippen molar-refractivity contribution in [1.29, 1.82) is 0 Å². The van der Waals surface area contributed by atoms with Gasteiger partial charge in [-0.05, 0) is 18.2 Å². The average Bonchev–Trinajstić information content (AvgIpc) is 2.43. The van der Waals surface area contributed by atoms with E-state index < -0.39 is 0 Å². The van der Waals surface area contributed by atoms with Crippen LogP contribution in [-0.2, 0) is 0 Å². The maximum Gasteiger partial charge on any atom is 0.150 e. The lowest BCUT2D eigenvalue weighted by atomic mass is 10.2. The van der Waals surface area contributed by atoms with Crippen LogP contribution in [0.15, 0.2) is 36.5 Å². The highest BCUT2D eigenvalue weighted by Gasteiger charge is 2.00. The molecule has 12 heavy (non-hydrogen) atoms. The van der Waals surface area contributed by atoms with Crippen molar-refractivity contribution in [3.63, 3.8) is 0 Å². The van der Waals surface area contributed by atoms with E-state index in [0.29, 0.717) is 5.56 Å². The zero-order valence-corrected chi connectivity index (χ0v) is 6.40. The summed E-state index contributed by atoms with van der Waals surface area (Å²) < 4.78 is 0. The van der Waals surface area contributed by atoms with Gasteiger partial charge in [0.25, 0.3) is 0 Å². The Hall–Kier alpha value is -1.70. The second-order valence-electron chi connectivity index (χ2n) is 2.57. The Bertz CT molecular complexity index is 384. The van der Waals surface area contributed by atoms with Crippen molar-refractivity contribution in [1.82, 2.24) is 4.98 Å². The van der Waals surface area contributed by atoms with Crippen LogP contribution >= 0.6 is 0 Å². The van der Waals surface area contributed by atoms with Crippen molar-refractivity contribution in [2.24, 2.45) is 0 Å². The van der Waals surface area contributed by atoms with Crippen LogP contribution in [0.3, 0.4) is 0 Å². The Morgan fingerprint density at radius 1 is 1.25 bits per heavy atom. The van der Waals surface area contributed by atoms with Crippen LogP contribution in [0.4, 0.5) is 0 Å². The molecule has 0 atom stereocenters. The number of fused-ring (bicyclic) bond motifs is 1. The second kappa shape index (κ2) is 2.74. The lowest BCUT2D eigenvalue weighted by molar-refractivity contribution is 0.112. The molecule has 0 unspecified atom stereocenters. The molecule has 0 radical (unpaired) electrons. The topological polar surface area (TPSA) is 30.0 Å². The first-order valence-electron chi connectivity index (χ1n) is 3.70. The van der Waals surface area contributed by atoms with Gasteiger partial charge in [0, 0.05) is 17.3 Å². The molecule has 0 aromatic heterocycles. The molecule has 2 aliphatic rings. The van der Waals surface area contributed by atoms with Gasteiger partial charge in [-0.3, -0.25) is 9.78 Å². The highest BCUT2D eigenvalue weighted by Crippen LogP contribution is 2.18. The van der Waals surface area contributed by atoms with E-state index in [1.54, 1.807) is 12.3 Å². The van der Waals surface area contributed by atoms with E-state index in [9.17, 15) is 4.79 Å². The van der Waals surface area contributed by atoms with Crippen molar-refractivity contribution in [3.05, 3.63) is 42.1 Å². The first kappa shape index (κ1) is 6.98. The van der Waals surface area contributed by atoms with Gasteiger partial charge in [0.2, 0.25) is 0 Å². The molecule has 0 bridgehead atoms. The fraction of sp³-hybridized carbons (Fsp3) is 0. The van der Waals surface area contributed by atoms with Gasteiger partial charge < -0.3 is 0 Å². The third-order valence-corrected chi connectivity index (χ3v) is 1.76. The SMILES string of the molecule is O=Cc1cccc2nccc-2c1. The second-order valence-corrected chi connectivity index (χ2v) is 2.57. The molecule has 0 fully saturated rings. The Morgan fingerprint density at radius 3 is 3.00 bits per heavy atom. The molecule has 1 aliphatic heterocycles. The van der Waals surface area contributed by atoms with E-state index in [-0.39, 0.29) is 0 Å². The first-order chi connectivity index (χ1) is 5.90. The molecular formula is C10H7NO. The van der Waals surface area contributed by atoms with E-state index in [1.807, 2.05) is 24.3 Å². The maximum absolute atomic E-state index is 10.5. The first-order valence-corrected chi connectivity index (χ1v) is 3.70. The molecule has 0 amide bonds. The Morgan fingerprint density at radius 2 is 2.17 bits per heavy atom. The summed E-state index contributed by atoms with van der Waals surface area (Å²) in [4.78, 5) is 14.6. The van der Waals surface area contributed by atoms with Crippen LogP contribution in [0.25, 0.3) is 11.3 Å². The predicted molar refractivity (Wildman–Crippen MR) is 46.2 cm³/mol. The fourth-order valence-corrected chi connectivity index (χ4v) is 1.17. The minimum absolute atomic E-state index is 0.679. The zero-order valence-electron chi connectivity index (χ0n) is 6.40. The van der Waals surface area contributed by atoms with Gasteiger partial charge in [-0.1, -0.05) is 12.1 Å². The number of hydrogen-bond acceptors (Lipinski definition) is 2. The average molecular weight is 157 g/mol. The van der Waals surface area contributed by atoms with Crippen molar-refractivity contribution < 1.29 is 4.79 Å². The van der Waals surface area contributed by atoms with Crippen molar-refractivity contribution in [2.75, 3.05) is 0 Å². The predicted octanol–water partition coefficient (Wildman–Crippen LogP) is 2.00. The largest absolute Gasteiger partial charge is 0.298 e. The van der Waals surface area contributed by atoms with E-state index in [2.05, 4.69) is 4.98 Å². The highest BCUT2D eigenvalue weighted by atomic mass is 16.1. The van der Waals surface area contributed by atoms with Gasteiger partial charge in [-0.2, -0.15) is 0 Å². The summed E-state index contributed by atoms with van der Waals surface area (Å²) in [6.45, 7) is 0. The van der Waals surface area contributed by atoms with Gasteiger partial charge in [-0.15, -0.1) is 0 Å². The maximum atomic E-state index is 10.5. The zero-order chi connectivity index (χ0) is 8.39. The molecule has 0 N–H and O–H groups in total. The number of aldehydes is 1. The van der Waals surface area contributed by atoms with Crippen LogP contribution in [-0.4, -0.2) is 11.3 Å². The van der Waals surface area contributed by atoms with Crippen LogP contribution < -0.4 is 0 Å². The summed E-state index contributed by atoms with van der Waals surface area (Å²) in [5.41, 5.74) is 2.60. The molecule has 0 aromatic rings. The van der Waals surface area contributed by atoms with Gasteiger partial charge >= 0.3 is 0 Å². The van der Waals surface area contributed by atoms with E-state index in [0.717, 1.165) is 17.5 Å². The summed E-state index contributed by atoms with van der Waals surface area (Å²) in [6.07, 6.45) is 2.58. The standard InChI is InChI=1S/C10H7NO/c12-7-8-2-1-3-10-9(6-8)4-5-11-10/h1-7H. The van der Waals surface area contributed by atoms with Crippen LogP contribution in [0.1, 0.15) is 10.4 Å². The quantitative estimate of drug-likeness (QED) is 0.592. The van der Waals surface area contributed by atoms with Crippen molar-refractivity contribution in [2.45, 2.75) is 0 Å². The van der Waals surface area contributed by atoms with Gasteiger partial charge in [0.05, 0.1) is 5.69 Å². The summed E-state index contributed by atoms with van der Waals surface area (Å²) in [5, 5.41) is 0. The number of carbonyl (C=O) groups is 1. The molecule has 0 saturated heterocycles. The number of aromatic nitrogens is 1. The smallest absolute Gasteiger partial charge is 0.150 e. The number of hydrogen-bond donors (Lipinski definition) is 0. The fourth-order valence-electron chi connectivity index (χ4n) is 1.17. The minimum atomic E-state index is 0.679. The van der Waals surface area contributed by atoms with E-state index in [1.165, 1.54) is 0 Å². The van der Waals surface area contributed by atoms with E-state index in [4.69, 9.17) is 0 Å². The number of nitrogens with zero attached hydrogens (tertiary/aromatic N) is 1. The molecule has 2 nitrogen and oxygen atoms in total. The monoisotopic (exact) mass is 157 g/mol. The molecule has 2 rings (SSSR count). The van der Waals surface area contributed by atoms with Crippen LogP contribution in [0, 0.1) is 0 Å². The number of rotatable bonds is 1. The van der Waals surface area contributed by atoms with Crippen LogP contribution in [0.2, 0.25) is 0 Å². The molecule has 0 aromatic carbocycles. The van der Waals surface area contributed by atoms with Crippen molar-refractivity contribution >= 4 is 6.29 Å². The summed E-state index contributed by atoms with van der Waals surface area (Å²) in [6, 6.07) is 9.22. The Balaban J connectivity index is 2.68. The summed E-state index contributed by atoms with van der Waals surface area (Å²) in [7, 11) is 0. The molecule has 0 spiro atoms. The number of carbonyl (C=O) groups excluding carboxylic acids is 1. The summed E-state index contributed by atoms with van der Waals surface area (Å²) in [5.74, 6) is 0. The molecule has 58 valence electrons. The minimum Gasteiger partial charge on any atom is -0.298 e. The van der Waals surface area contributed by atoms with Gasteiger partial charge in [-0.25, -0.2) is 0 Å². The molecule has 1 aliphatic carbocycles. The third-order valence-electron chi connectivity index (χ3n) is 1.76. The lowest BCUT2D eigenvalue weighted by Gasteiger charge is -1.86. The molecule has 1 heterocycles. The Labute approximate surface area is 70.2 Å². The van der Waals surface area contributed by atoms with E-state index >= 15 is 0 Å². The molecule has 0 saturated carbocycles. The van der Waals surface area contributed by atoms with Gasteiger partial charge in [0.1, 0.15) is 6.29 Å². The van der Waals surface area contributed by atoms with Crippen LogP contribution in [0.5, 0.6) is 0 Å². The normalized spacial score (nSPS) is 10.0. The van der Waals surface area contributed by atoms with Crippen molar-refractivity contribution in [3.8, 4) is 11.3 Å². The van der Waals surface area contributed by atoms with Gasteiger partial charge in [0.15, 0.2) is 0 Å².